The van der Waals surface area contributed by atoms with Gasteiger partial charge in [-0.3, -0.25) is 4.79 Å². The molecule has 0 aromatic heterocycles. The number of aliphatic imine (C=N–C) groups is 1. The van der Waals surface area contributed by atoms with Crippen LogP contribution in [0, 0.1) is 0 Å². The average molecular weight is 439 g/mol. The largest absolute Gasteiger partial charge is 0.494 e. The van der Waals surface area contributed by atoms with Crippen molar-refractivity contribution in [2.24, 2.45) is 4.99 Å². The highest BCUT2D eigenvalue weighted by Crippen LogP contribution is 2.36. The van der Waals surface area contributed by atoms with Crippen molar-refractivity contribution in [2.75, 3.05) is 13.7 Å². The lowest BCUT2D eigenvalue weighted by Gasteiger charge is -2.11. The first kappa shape index (κ1) is 20.3. The fourth-order valence-electron chi connectivity index (χ4n) is 3.18. The Labute approximate surface area is 183 Å². The molecule has 0 radical (unpaired) electrons. The number of nitrogens with zero attached hydrogens (tertiary/aromatic N) is 1. The average Bonchev–Trinajstić information content (AvgIpc) is 3.08. The van der Waals surface area contributed by atoms with Crippen LogP contribution in [0.15, 0.2) is 64.5 Å². The quantitative estimate of drug-likeness (QED) is 0.512. The Hall–Kier alpha value is -2.96. The summed E-state index contributed by atoms with van der Waals surface area (Å²) >= 11 is 7.35. The smallest absolute Gasteiger partial charge is 0.264 e. The van der Waals surface area contributed by atoms with E-state index in [0.717, 1.165) is 22.1 Å². The van der Waals surface area contributed by atoms with E-state index < -0.39 is 0 Å². The Bertz CT molecular complexity index is 1190. The third-order valence-electron chi connectivity index (χ3n) is 4.52. The van der Waals surface area contributed by atoms with Gasteiger partial charge in [-0.2, -0.15) is 0 Å². The summed E-state index contributed by atoms with van der Waals surface area (Å²) in [6, 6.07) is 17.1. The van der Waals surface area contributed by atoms with Gasteiger partial charge in [0.2, 0.25) is 0 Å². The minimum Gasteiger partial charge on any atom is -0.494 e. The molecule has 3 aromatic carbocycles. The molecule has 4 rings (SSSR count). The predicted octanol–water partition coefficient (Wildman–Crippen LogP) is 5.79. The van der Waals surface area contributed by atoms with Crippen LogP contribution in [-0.4, -0.2) is 24.8 Å². The van der Waals surface area contributed by atoms with Crippen molar-refractivity contribution in [3.63, 3.8) is 0 Å². The van der Waals surface area contributed by atoms with E-state index >= 15 is 0 Å². The van der Waals surface area contributed by atoms with Gasteiger partial charge in [-0.25, -0.2) is 4.99 Å². The normalized spacial score (nSPS) is 16.3. The molecule has 5 nitrogen and oxygen atoms in total. The second-order valence-electron chi connectivity index (χ2n) is 6.43. The number of fused-ring (bicyclic) bond motifs is 1. The van der Waals surface area contributed by atoms with Gasteiger partial charge in [0.15, 0.2) is 5.17 Å². The summed E-state index contributed by atoms with van der Waals surface area (Å²) in [5, 5.41) is 5.91. The molecular formula is C23H19ClN2O3S. The molecule has 0 atom stereocenters. The van der Waals surface area contributed by atoms with E-state index in [2.05, 4.69) is 10.3 Å². The van der Waals surface area contributed by atoms with Gasteiger partial charge < -0.3 is 14.8 Å². The Balaban J connectivity index is 1.74. The molecule has 3 aromatic rings. The SMILES string of the molecule is CCOc1ccc2ccccc2c1/C=C1\SC(=Nc2cc(Cl)ccc2OC)NC1=O. The highest BCUT2D eigenvalue weighted by molar-refractivity contribution is 8.18. The van der Waals surface area contributed by atoms with E-state index in [1.54, 1.807) is 25.3 Å². The highest BCUT2D eigenvalue weighted by Gasteiger charge is 2.25. The molecule has 152 valence electrons. The second-order valence-corrected chi connectivity index (χ2v) is 7.90. The molecule has 7 heteroatoms. The second kappa shape index (κ2) is 8.81. The van der Waals surface area contributed by atoms with Crippen molar-refractivity contribution in [3.8, 4) is 11.5 Å². The molecule has 1 amide bonds. The lowest BCUT2D eigenvalue weighted by Crippen LogP contribution is -2.19. The summed E-state index contributed by atoms with van der Waals surface area (Å²) in [4.78, 5) is 17.7. The van der Waals surface area contributed by atoms with Crippen LogP contribution in [0.1, 0.15) is 12.5 Å². The molecular weight excluding hydrogens is 420 g/mol. The molecule has 0 unspecified atom stereocenters. The number of amidine groups is 1. The van der Waals surface area contributed by atoms with Crippen LogP contribution in [0.4, 0.5) is 5.69 Å². The molecule has 0 bridgehead atoms. The summed E-state index contributed by atoms with van der Waals surface area (Å²) < 4.78 is 11.1. The van der Waals surface area contributed by atoms with E-state index in [0.29, 0.717) is 33.1 Å². The number of rotatable bonds is 5. The number of halogens is 1. The maximum Gasteiger partial charge on any atom is 0.264 e. The van der Waals surface area contributed by atoms with Crippen LogP contribution in [0.3, 0.4) is 0 Å². The van der Waals surface area contributed by atoms with Crippen LogP contribution in [0.2, 0.25) is 5.02 Å². The minimum atomic E-state index is -0.213. The summed E-state index contributed by atoms with van der Waals surface area (Å²) in [5.41, 5.74) is 1.42. The van der Waals surface area contributed by atoms with Gasteiger partial charge in [0, 0.05) is 10.6 Å². The monoisotopic (exact) mass is 438 g/mol. The maximum absolute atomic E-state index is 12.6. The number of carbonyl (C=O) groups excluding carboxylic acids is 1. The summed E-state index contributed by atoms with van der Waals surface area (Å²) in [5.74, 6) is 1.10. The highest BCUT2D eigenvalue weighted by atomic mass is 35.5. The fourth-order valence-corrected chi connectivity index (χ4v) is 4.16. The number of amides is 1. The predicted molar refractivity (Wildman–Crippen MR) is 124 cm³/mol. The molecule has 1 fully saturated rings. The van der Waals surface area contributed by atoms with Crippen molar-refractivity contribution < 1.29 is 14.3 Å². The number of benzene rings is 3. The van der Waals surface area contributed by atoms with Crippen LogP contribution in [0.5, 0.6) is 11.5 Å². The Morgan fingerprint density at radius 2 is 1.93 bits per heavy atom. The number of ether oxygens (including phenoxy) is 2. The van der Waals surface area contributed by atoms with Crippen molar-refractivity contribution in [3.05, 3.63) is 70.1 Å². The van der Waals surface area contributed by atoms with Crippen LogP contribution in [-0.2, 0) is 4.79 Å². The molecule has 30 heavy (non-hydrogen) atoms. The zero-order chi connectivity index (χ0) is 21.1. The zero-order valence-corrected chi connectivity index (χ0v) is 18.0. The van der Waals surface area contributed by atoms with E-state index in [-0.39, 0.29) is 5.91 Å². The topological polar surface area (TPSA) is 59.9 Å². The summed E-state index contributed by atoms with van der Waals surface area (Å²) in [6.45, 7) is 2.47. The van der Waals surface area contributed by atoms with E-state index in [4.69, 9.17) is 21.1 Å². The van der Waals surface area contributed by atoms with Gasteiger partial charge >= 0.3 is 0 Å². The summed E-state index contributed by atoms with van der Waals surface area (Å²) in [6.07, 6.45) is 1.85. The van der Waals surface area contributed by atoms with Gasteiger partial charge in [0.1, 0.15) is 17.2 Å². The molecule has 0 spiro atoms. The fraction of sp³-hybridized carbons (Fsp3) is 0.130. The summed E-state index contributed by atoms with van der Waals surface area (Å²) in [7, 11) is 1.56. The van der Waals surface area contributed by atoms with Gasteiger partial charge in [-0.1, -0.05) is 41.9 Å². The molecule has 0 aliphatic carbocycles. The molecule has 1 aliphatic heterocycles. The van der Waals surface area contributed by atoms with E-state index in [1.165, 1.54) is 11.8 Å². The number of methoxy groups -OCH3 is 1. The first-order valence-electron chi connectivity index (χ1n) is 9.36. The number of thioether (sulfide) groups is 1. The van der Waals surface area contributed by atoms with Crippen LogP contribution in [0.25, 0.3) is 16.8 Å². The van der Waals surface area contributed by atoms with E-state index in [9.17, 15) is 4.79 Å². The Morgan fingerprint density at radius 1 is 1.13 bits per heavy atom. The zero-order valence-electron chi connectivity index (χ0n) is 16.4. The third-order valence-corrected chi connectivity index (χ3v) is 5.66. The third kappa shape index (κ3) is 4.15. The standard InChI is InChI=1S/C23H19ClN2O3S/c1-3-29-19-10-8-14-6-4-5-7-16(14)17(19)13-21-22(27)26-23(30-21)25-18-12-15(24)9-11-20(18)28-2/h4-13H,3H2,1-2H3,(H,25,26,27)/b21-13-. The molecule has 0 saturated carbocycles. The molecule has 1 saturated heterocycles. The van der Waals surface area contributed by atoms with Crippen LogP contribution >= 0.6 is 23.4 Å². The van der Waals surface area contributed by atoms with Crippen molar-refractivity contribution in [1.29, 1.82) is 0 Å². The van der Waals surface area contributed by atoms with Gasteiger partial charge in [-0.15, -0.1) is 0 Å². The van der Waals surface area contributed by atoms with Gasteiger partial charge in [0.05, 0.1) is 18.6 Å². The lowest BCUT2D eigenvalue weighted by atomic mass is 10.0. The van der Waals surface area contributed by atoms with Crippen molar-refractivity contribution in [2.45, 2.75) is 6.92 Å². The van der Waals surface area contributed by atoms with Gasteiger partial charge in [0.25, 0.3) is 5.91 Å². The molecule has 1 heterocycles. The van der Waals surface area contributed by atoms with E-state index in [1.807, 2.05) is 49.4 Å². The number of nitrogens with one attached hydrogen (secondary N) is 1. The lowest BCUT2D eigenvalue weighted by molar-refractivity contribution is -0.115. The number of carbonyl (C=O) groups is 1. The Kier molecular flexibility index (Phi) is 5.97. The molecule has 1 aliphatic rings. The number of hydrogen-bond donors (Lipinski definition) is 1. The minimum absolute atomic E-state index is 0.213. The van der Waals surface area contributed by atoms with Crippen LogP contribution < -0.4 is 14.8 Å². The van der Waals surface area contributed by atoms with Crippen molar-refractivity contribution in [1.82, 2.24) is 5.32 Å². The first-order valence-corrected chi connectivity index (χ1v) is 10.6. The van der Waals surface area contributed by atoms with Crippen molar-refractivity contribution >= 4 is 57.0 Å². The molecule has 1 N–H and O–H groups in total. The Morgan fingerprint density at radius 3 is 2.73 bits per heavy atom. The first-order chi connectivity index (χ1) is 14.6. The van der Waals surface area contributed by atoms with Gasteiger partial charge in [-0.05, 0) is 59.8 Å². The maximum atomic E-state index is 12.6. The number of hydrogen-bond acceptors (Lipinski definition) is 5.